The van der Waals surface area contributed by atoms with E-state index < -0.39 is 26.9 Å². The molecule has 0 aliphatic carbocycles. The molecular formula is C12H10N4O4. The van der Waals surface area contributed by atoms with Crippen LogP contribution in [0.4, 0.5) is 22.7 Å². The molecule has 8 heteroatoms. The predicted molar refractivity (Wildman–Crippen MR) is 74.0 cm³/mol. The van der Waals surface area contributed by atoms with Gasteiger partial charge >= 0.3 is 11.4 Å². The normalized spacial score (nSPS) is 10.2. The number of rotatable bonds is 3. The highest BCUT2D eigenvalue weighted by Crippen LogP contribution is 2.44. The zero-order valence-corrected chi connectivity index (χ0v) is 10.1. The van der Waals surface area contributed by atoms with Crippen LogP contribution in [-0.4, -0.2) is 9.85 Å². The van der Waals surface area contributed by atoms with Crippen molar-refractivity contribution in [2.75, 3.05) is 11.5 Å². The highest BCUT2D eigenvalue weighted by atomic mass is 16.6. The van der Waals surface area contributed by atoms with Crippen LogP contribution in [0.3, 0.4) is 0 Å². The largest absolute Gasteiger partial charge is 0.398 e. The van der Waals surface area contributed by atoms with Gasteiger partial charge in [0.05, 0.1) is 21.1 Å². The van der Waals surface area contributed by atoms with E-state index in [1.54, 1.807) is 30.3 Å². The maximum atomic E-state index is 11.2. The minimum absolute atomic E-state index is 0.0659. The standard InChI is InChI=1S/C12H10N4O4/c13-8-6-9(15(17)18)11(14)12(16(19)20)10(8)7-4-2-1-3-5-7/h1-6H,13-14H2. The van der Waals surface area contributed by atoms with E-state index in [-0.39, 0.29) is 11.3 Å². The summed E-state index contributed by atoms with van der Waals surface area (Å²) >= 11 is 0. The molecule has 2 rings (SSSR count). The fourth-order valence-corrected chi connectivity index (χ4v) is 1.94. The Morgan fingerprint density at radius 1 is 0.950 bits per heavy atom. The topological polar surface area (TPSA) is 138 Å². The first-order chi connectivity index (χ1) is 9.43. The summed E-state index contributed by atoms with van der Waals surface area (Å²) in [6.45, 7) is 0. The Morgan fingerprint density at radius 3 is 2.05 bits per heavy atom. The van der Waals surface area contributed by atoms with Gasteiger partial charge in [0.15, 0.2) is 5.69 Å². The molecule has 0 bridgehead atoms. The SMILES string of the molecule is Nc1cc([N+](=O)[O-])c(N)c([N+](=O)[O-])c1-c1ccccc1. The molecule has 0 fully saturated rings. The first-order valence-corrected chi connectivity index (χ1v) is 5.49. The van der Waals surface area contributed by atoms with E-state index in [0.29, 0.717) is 5.56 Å². The van der Waals surface area contributed by atoms with Crippen LogP contribution in [-0.2, 0) is 0 Å². The molecule has 0 heterocycles. The van der Waals surface area contributed by atoms with E-state index in [1.807, 2.05) is 0 Å². The average Bonchev–Trinajstić information content (AvgIpc) is 2.40. The lowest BCUT2D eigenvalue weighted by atomic mass is 9.99. The van der Waals surface area contributed by atoms with Crippen LogP contribution in [0, 0.1) is 20.2 Å². The number of nitro benzene ring substituents is 2. The van der Waals surface area contributed by atoms with Gasteiger partial charge in [-0.1, -0.05) is 30.3 Å². The lowest BCUT2D eigenvalue weighted by Gasteiger charge is -2.09. The van der Waals surface area contributed by atoms with Gasteiger partial charge in [0, 0.05) is 6.07 Å². The number of hydrogen-bond acceptors (Lipinski definition) is 6. The molecule has 0 aliphatic rings. The molecule has 0 radical (unpaired) electrons. The van der Waals surface area contributed by atoms with Crippen molar-refractivity contribution in [3.63, 3.8) is 0 Å². The first kappa shape index (κ1) is 13.3. The quantitative estimate of drug-likeness (QED) is 0.500. The molecule has 20 heavy (non-hydrogen) atoms. The number of nitrogen functional groups attached to an aromatic ring is 2. The van der Waals surface area contributed by atoms with E-state index >= 15 is 0 Å². The van der Waals surface area contributed by atoms with Crippen LogP contribution in [0.1, 0.15) is 0 Å². The molecule has 8 nitrogen and oxygen atoms in total. The number of anilines is 2. The van der Waals surface area contributed by atoms with E-state index in [0.717, 1.165) is 6.07 Å². The summed E-state index contributed by atoms with van der Waals surface area (Å²) in [5, 5.41) is 22.0. The van der Waals surface area contributed by atoms with Crippen molar-refractivity contribution < 1.29 is 9.85 Å². The lowest BCUT2D eigenvalue weighted by Crippen LogP contribution is -2.05. The number of benzene rings is 2. The summed E-state index contributed by atoms with van der Waals surface area (Å²) in [4.78, 5) is 20.5. The molecule has 2 aromatic rings. The van der Waals surface area contributed by atoms with Crippen molar-refractivity contribution in [1.29, 1.82) is 0 Å². The summed E-state index contributed by atoms with van der Waals surface area (Å²) < 4.78 is 0. The van der Waals surface area contributed by atoms with Crippen molar-refractivity contribution in [3.05, 3.63) is 56.6 Å². The zero-order chi connectivity index (χ0) is 14.9. The monoisotopic (exact) mass is 274 g/mol. The van der Waals surface area contributed by atoms with E-state index in [4.69, 9.17) is 11.5 Å². The molecule has 0 saturated heterocycles. The summed E-state index contributed by atoms with van der Waals surface area (Å²) in [6.07, 6.45) is 0. The van der Waals surface area contributed by atoms with Gasteiger partial charge in [-0.3, -0.25) is 20.2 Å². The molecule has 0 aliphatic heterocycles. The third-order valence-corrected chi connectivity index (χ3v) is 2.79. The third-order valence-electron chi connectivity index (χ3n) is 2.79. The maximum Gasteiger partial charge on any atom is 0.309 e. The molecule has 0 amide bonds. The molecule has 102 valence electrons. The van der Waals surface area contributed by atoms with Gasteiger partial charge in [0.25, 0.3) is 0 Å². The Bertz CT molecular complexity index is 700. The molecule has 0 saturated carbocycles. The minimum Gasteiger partial charge on any atom is -0.398 e. The van der Waals surface area contributed by atoms with Crippen LogP contribution < -0.4 is 11.5 Å². The lowest BCUT2D eigenvalue weighted by molar-refractivity contribution is -0.391. The second-order valence-corrected chi connectivity index (χ2v) is 4.00. The second-order valence-electron chi connectivity index (χ2n) is 4.00. The number of nitro groups is 2. The maximum absolute atomic E-state index is 11.2. The van der Waals surface area contributed by atoms with Crippen LogP contribution >= 0.6 is 0 Å². The minimum atomic E-state index is -0.798. The van der Waals surface area contributed by atoms with Gasteiger partial charge in [-0.05, 0) is 5.56 Å². The van der Waals surface area contributed by atoms with E-state index in [9.17, 15) is 20.2 Å². The third kappa shape index (κ3) is 2.09. The van der Waals surface area contributed by atoms with Crippen LogP contribution in [0.5, 0.6) is 0 Å². The van der Waals surface area contributed by atoms with Gasteiger partial charge in [0.2, 0.25) is 0 Å². The molecule has 4 N–H and O–H groups in total. The Labute approximate surface area is 112 Å². The Kier molecular flexibility index (Phi) is 3.21. The van der Waals surface area contributed by atoms with Crippen LogP contribution in [0.15, 0.2) is 36.4 Å². The van der Waals surface area contributed by atoms with E-state index in [2.05, 4.69) is 0 Å². The van der Waals surface area contributed by atoms with Crippen LogP contribution in [0.2, 0.25) is 0 Å². The zero-order valence-electron chi connectivity index (χ0n) is 10.1. The summed E-state index contributed by atoms with van der Waals surface area (Å²) in [5.41, 5.74) is 10.1. The van der Waals surface area contributed by atoms with Gasteiger partial charge in [-0.2, -0.15) is 0 Å². The molecule has 0 aromatic heterocycles. The Hall–Kier alpha value is -3.16. The van der Waals surface area contributed by atoms with E-state index in [1.165, 1.54) is 0 Å². The number of nitrogens with zero attached hydrogens (tertiary/aromatic N) is 2. The fraction of sp³-hybridized carbons (Fsp3) is 0. The summed E-state index contributed by atoms with van der Waals surface area (Å²) in [5.74, 6) is 0. The molecule has 0 unspecified atom stereocenters. The second kappa shape index (κ2) is 4.84. The highest BCUT2D eigenvalue weighted by molar-refractivity contribution is 5.94. The number of hydrogen-bond donors (Lipinski definition) is 2. The molecule has 2 aromatic carbocycles. The van der Waals surface area contributed by atoms with Crippen LogP contribution in [0.25, 0.3) is 11.1 Å². The van der Waals surface area contributed by atoms with Crippen molar-refractivity contribution in [2.45, 2.75) is 0 Å². The van der Waals surface area contributed by atoms with Gasteiger partial charge in [0.1, 0.15) is 0 Å². The number of nitrogens with two attached hydrogens (primary N) is 2. The van der Waals surface area contributed by atoms with Crippen molar-refractivity contribution >= 4 is 22.7 Å². The van der Waals surface area contributed by atoms with Crippen molar-refractivity contribution in [3.8, 4) is 11.1 Å². The summed E-state index contributed by atoms with van der Waals surface area (Å²) in [6, 6.07) is 9.35. The highest BCUT2D eigenvalue weighted by Gasteiger charge is 2.30. The predicted octanol–water partition coefficient (Wildman–Crippen LogP) is 2.33. The fourth-order valence-electron chi connectivity index (χ4n) is 1.94. The molecule has 0 spiro atoms. The smallest absolute Gasteiger partial charge is 0.309 e. The Balaban J connectivity index is 2.85. The van der Waals surface area contributed by atoms with Gasteiger partial charge in [-0.15, -0.1) is 0 Å². The average molecular weight is 274 g/mol. The molecular weight excluding hydrogens is 264 g/mol. The summed E-state index contributed by atoms with van der Waals surface area (Å²) in [7, 11) is 0. The Morgan fingerprint density at radius 2 is 1.55 bits per heavy atom. The van der Waals surface area contributed by atoms with Crippen molar-refractivity contribution in [2.24, 2.45) is 0 Å². The van der Waals surface area contributed by atoms with Gasteiger partial charge < -0.3 is 11.5 Å². The molecule has 0 atom stereocenters. The van der Waals surface area contributed by atoms with Crippen molar-refractivity contribution in [1.82, 2.24) is 0 Å². The van der Waals surface area contributed by atoms with Gasteiger partial charge in [-0.25, -0.2) is 0 Å². The first-order valence-electron chi connectivity index (χ1n) is 5.49.